The summed E-state index contributed by atoms with van der Waals surface area (Å²) in [5.74, 6) is 0.147. The van der Waals surface area contributed by atoms with E-state index in [1.165, 1.54) is 11.1 Å². The van der Waals surface area contributed by atoms with Crippen LogP contribution in [0.5, 0.6) is 0 Å². The number of halogens is 1. The van der Waals surface area contributed by atoms with E-state index in [-0.39, 0.29) is 24.4 Å². The van der Waals surface area contributed by atoms with Gasteiger partial charge >= 0.3 is 0 Å². The minimum atomic E-state index is 0. The number of hydrogen-bond acceptors (Lipinski definition) is 2. The van der Waals surface area contributed by atoms with Gasteiger partial charge in [0.1, 0.15) is 0 Å². The zero-order chi connectivity index (χ0) is 15.8. The molecule has 0 aliphatic heterocycles. The summed E-state index contributed by atoms with van der Waals surface area (Å²) < 4.78 is 0. The number of aryl methyl sites for hydroxylation is 1. The number of anilines is 1. The Morgan fingerprint density at radius 2 is 1.71 bits per heavy atom. The number of nitrogens with zero attached hydrogens (tertiary/aromatic N) is 1. The summed E-state index contributed by atoms with van der Waals surface area (Å²) in [6, 6.07) is 16.5. The third kappa shape index (κ3) is 3.13. The van der Waals surface area contributed by atoms with Crippen molar-refractivity contribution in [1.29, 1.82) is 0 Å². The van der Waals surface area contributed by atoms with Crippen molar-refractivity contribution in [1.82, 2.24) is 4.90 Å². The molecule has 4 rings (SSSR count). The van der Waals surface area contributed by atoms with Crippen molar-refractivity contribution in [2.75, 3.05) is 5.73 Å². The number of hydrogen-bond donors (Lipinski definition) is 1. The summed E-state index contributed by atoms with van der Waals surface area (Å²) in [5, 5.41) is 0. The van der Waals surface area contributed by atoms with Gasteiger partial charge in [-0.2, -0.15) is 0 Å². The van der Waals surface area contributed by atoms with Crippen LogP contribution in [0.1, 0.15) is 53.2 Å². The van der Waals surface area contributed by atoms with Crippen LogP contribution < -0.4 is 5.73 Å². The molecule has 0 bridgehead atoms. The van der Waals surface area contributed by atoms with Crippen molar-refractivity contribution in [2.24, 2.45) is 0 Å². The highest BCUT2D eigenvalue weighted by Gasteiger charge is 2.39. The molecule has 4 heteroatoms. The maximum atomic E-state index is 13.1. The van der Waals surface area contributed by atoms with E-state index >= 15 is 0 Å². The molecule has 0 radical (unpaired) electrons. The minimum Gasteiger partial charge on any atom is -0.399 e. The fraction of sp³-hybridized carbons (Fsp3) is 0.350. The van der Waals surface area contributed by atoms with Crippen molar-refractivity contribution in [2.45, 2.75) is 44.2 Å². The number of nitrogen functional groups attached to an aromatic ring is 1. The van der Waals surface area contributed by atoms with Crippen LogP contribution >= 0.6 is 12.4 Å². The SMILES string of the molecule is Cl.Nc1ccc(C(=O)N(C2CC2)C2CCCc3ccccc32)cc1. The summed E-state index contributed by atoms with van der Waals surface area (Å²) in [4.78, 5) is 15.3. The fourth-order valence-electron chi connectivity index (χ4n) is 3.71. The summed E-state index contributed by atoms with van der Waals surface area (Å²) in [5.41, 5.74) is 9.94. The van der Waals surface area contributed by atoms with Gasteiger partial charge in [0.2, 0.25) is 0 Å². The second-order valence-corrected chi connectivity index (χ2v) is 6.67. The Morgan fingerprint density at radius 3 is 2.42 bits per heavy atom. The molecule has 1 unspecified atom stereocenters. The summed E-state index contributed by atoms with van der Waals surface area (Å²) in [6.45, 7) is 0. The molecular weight excluding hydrogens is 320 g/mol. The van der Waals surface area contributed by atoms with Gasteiger partial charge in [-0.25, -0.2) is 0 Å². The van der Waals surface area contributed by atoms with Gasteiger partial charge in [0.25, 0.3) is 5.91 Å². The molecule has 0 heterocycles. The smallest absolute Gasteiger partial charge is 0.254 e. The molecule has 0 saturated heterocycles. The molecule has 1 amide bonds. The highest BCUT2D eigenvalue weighted by Crippen LogP contribution is 2.41. The van der Waals surface area contributed by atoms with Crippen molar-refractivity contribution < 1.29 is 4.79 Å². The van der Waals surface area contributed by atoms with Crippen LogP contribution in [0.25, 0.3) is 0 Å². The largest absolute Gasteiger partial charge is 0.399 e. The predicted molar refractivity (Wildman–Crippen MR) is 99.4 cm³/mol. The van der Waals surface area contributed by atoms with Crippen LogP contribution in [-0.2, 0) is 6.42 Å². The highest BCUT2D eigenvalue weighted by molar-refractivity contribution is 5.95. The van der Waals surface area contributed by atoms with E-state index in [9.17, 15) is 4.79 Å². The van der Waals surface area contributed by atoms with Crippen LogP contribution in [0.3, 0.4) is 0 Å². The molecule has 1 atom stereocenters. The first kappa shape index (κ1) is 16.8. The maximum Gasteiger partial charge on any atom is 0.254 e. The molecule has 2 aliphatic carbocycles. The van der Waals surface area contributed by atoms with Crippen molar-refractivity contribution >= 4 is 24.0 Å². The number of benzene rings is 2. The Bertz CT molecular complexity index is 725. The van der Waals surface area contributed by atoms with Gasteiger partial charge in [0, 0.05) is 17.3 Å². The van der Waals surface area contributed by atoms with Crippen LogP contribution in [0.2, 0.25) is 0 Å². The van der Waals surface area contributed by atoms with Crippen LogP contribution in [0.4, 0.5) is 5.69 Å². The first-order valence-corrected chi connectivity index (χ1v) is 8.50. The average molecular weight is 343 g/mol. The lowest BCUT2D eigenvalue weighted by Crippen LogP contribution is -2.38. The number of carbonyl (C=O) groups is 1. The van der Waals surface area contributed by atoms with Crippen molar-refractivity contribution in [3.05, 3.63) is 65.2 Å². The maximum absolute atomic E-state index is 13.1. The lowest BCUT2D eigenvalue weighted by Gasteiger charge is -2.36. The third-order valence-electron chi connectivity index (χ3n) is 5.01. The van der Waals surface area contributed by atoms with E-state index in [1.807, 2.05) is 24.3 Å². The number of rotatable bonds is 3. The van der Waals surface area contributed by atoms with E-state index in [4.69, 9.17) is 5.73 Å². The number of fused-ring (bicyclic) bond motifs is 1. The fourth-order valence-corrected chi connectivity index (χ4v) is 3.71. The van der Waals surface area contributed by atoms with E-state index in [0.29, 0.717) is 11.7 Å². The van der Waals surface area contributed by atoms with Gasteiger partial charge in [-0.3, -0.25) is 4.79 Å². The lowest BCUT2D eigenvalue weighted by atomic mass is 9.86. The van der Waals surface area contributed by atoms with Crippen LogP contribution in [-0.4, -0.2) is 16.8 Å². The Hall–Kier alpha value is -2.00. The Kier molecular flexibility index (Phi) is 4.81. The topological polar surface area (TPSA) is 46.3 Å². The van der Waals surface area contributed by atoms with Crippen LogP contribution in [0.15, 0.2) is 48.5 Å². The van der Waals surface area contributed by atoms with Gasteiger partial charge in [-0.05, 0) is 67.5 Å². The van der Waals surface area contributed by atoms with E-state index in [2.05, 4.69) is 29.2 Å². The van der Waals surface area contributed by atoms with Gasteiger partial charge in [0.05, 0.1) is 6.04 Å². The van der Waals surface area contributed by atoms with Gasteiger partial charge in [-0.1, -0.05) is 24.3 Å². The zero-order valence-corrected chi connectivity index (χ0v) is 14.5. The first-order valence-electron chi connectivity index (χ1n) is 8.50. The normalized spacial score (nSPS) is 19.1. The second kappa shape index (κ2) is 6.86. The molecule has 0 spiro atoms. The monoisotopic (exact) mass is 342 g/mol. The highest BCUT2D eigenvalue weighted by atomic mass is 35.5. The number of carbonyl (C=O) groups excluding carboxylic acids is 1. The van der Waals surface area contributed by atoms with E-state index in [1.54, 1.807) is 0 Å². The molecule has 2 aromatic carbocycles. The van der Waals surface area contributed by atoms with E-state index < -0.39 is 0 Å². The molecule has 2 aliphatic rings. The Balaban J connectivity index is 0.00000169. The molecule has 2 N–H and O–H groups in total. The molecule has 0 aromatic heterocycles. The van der Waals surface area contributed by atoms with Gasteiger partial charge in [-0.15, -0.1) is 12.4 Å². The average Bonchev–Trinajstić information content (AvgIpc) is 3.41. The molecule has 126 valence electrons. The first-order chi connectivity index (χ1) is 11.2. The summed E-state index contributed by atoms with van der Waals surface area (Å²) in [7, 11) is 0. The molecule has 2 aromatic rings. The van der Waals surface area contributed by atoms with Gasteiger partial charge < -0.3 is 10.6 Å². The van der Waals surface area contributed by atoms with Crippen molar-refractivity contribution in [3.63, 3.8) is 0 Å². The second-order valence-electron chi connectivity index (χ2n) is 6.67. The summed E-state index contributed by atoms with van der Waals surface area (Å²) >= 11 is 0. The standard InChI is InChI=1S/C20H22N2O.ClH/c21-16-10-8-15(9-11-16)20(23)22(17-12-13-17)19-7-3-5-14-4-1-2-6-18(14)19;/h1-2,4,6,8-11,17,19H,3,5,7,12-13,21H2;1H. The number of nitrogens with two attached hydrogens (primary N) is 1. The number of amides is 1. The molecule has 1 fully saturated rings. The Morgan fingerprint density at radius 1 is 1.00 bits per heavy atom. The predicted octanol–water partition coefficient (Wildman–Crippen LogP) is 4.37. The molecule has 24 heavy (non-hydrogen) atoms. The molecular formula is C20H23ClN2O. The molecule has 1 saturated carbocycles. The molecule has 3 nitrogen and oxygen atoms in total. The van der Waals surface area contributed by atoms with Gasteiger partial charge in [0.15, 0.2) is 0 Å². The van der Waals surface area contributed by atoms with Crippen molar-refractivity contribution in [3.8, 4) is 0 Å². The van der Waals surface area contributed by atoms with E-state index in [0.717, 1.165) is 37.7 Å². The quantitative estimate of drug-likeness (QED) is 0.842. The zero-order valence-electron chi connectivity index (χ0n) is 13.7. The minimum absolute atomic E-state index is 0. The Labute approximate surface area is 149 Å². The summed E-state index contributed by atoms with van der Waals surface area (Å²) in [6.07, 6.45) is 5.59. The van der Waals surface area contributed by atoms with Crippen LogP contribution in [0, 0.1) is 0 Å². The lowest BCUT2D eigenvalue weighted by molar-refractivity contribution is 0.0638. The third-order valence-corrected chi connectivity index (χ3v) is 5.01.